The van der Waals surface area contributed by atoms with Crippen LogP contribution in [0.5, 0.6) is 11.5 Å². The molecule has 36 heavy (non-hydrogen) atoms. The lowest BCUT2D eigenvalue weighted by atomic mass is 10.0. The van der Waals surface area contributed by atoms with E-state index >= 15 is 0 Å². The fourth-order valence-corrected chi connectivity index (χ4v) is 3.79. The third-order valence-corrected chi connectivity index (χ3v) is 5.59. The lowest BCUT2D eigenvalue weighted by Gasteiger charge is -2.35. The maximum absolute atomic E-state index is 13.1. The number of amides is 3. The molecule has 2 aromatic carbocycles. The molecule has 188 valence electrons. The fourth-order valence-electron chi connectivity index (χ4n) is 3.79. The number of nitrogens with zero attached hydrogens (tertiary/aromatic N) is 4. The van der Waals surface area contributed by atoms with Crippen molar-refractivity contribution in [2.45, 2.75) is 25.6 Å². The van der Waals surface area contributed by atoms with Crippen molar-refractivity contribution < 1.29 is 28.2 Å². The normalized spacial score (nSPS) is 17.8. The van der Waals surface area contributed by atoms with E-state index in [0.717, 1.165) is 5.01 Å². The predicted molar refractivity (Wildman–Crippen MR) is 131 cm³/mol. The van der Waals surface area contributed by atoms with Gasteiger partial charge in [0, 0.05) is 24.2 Å². The van der Waals surface area contributed by atoms with Crippen LogP contribution in [0.2, 0.25) is 0 Å². The average molecular weight is 496 g/mol. The molecule has 0 radical (unpaired) electrons. The smallest absolute Gasteiger partial charge is 0.433 e. The minimum absolute atomic E-state index is 0.185. The second-order valence-corrected chi connectivity index (χ2v) is 7.77. The van der Waals surface area contributed by atoms with Crippen LogP contribution in [-0.4, -0.2) is 60.6 Å². The zero-order chi connectivity index (χ0) is 25.5. The number of alkyl halides is 1. The lowest BCUT2D eigenvalue weighted by Crippen LogP contribution is -2.50. The van der Waals surface area contributed by atoms with Gasteiger partial charge in [-0.15, -0.1) is 0 Å². The molecule has 0 aromatic heterocycles. The number of ether oxygens (including phenoxy) is 3. The molecule has 11 heteroatoms. The van der Waals surface area contributed by atoms with Crippen molar-refractivity contribution in [3.8, 4) is 11.5 Å². The molecule has 0 bridgehead atoms. The highest BCUT2D eigenvalue weighted by Crippen LogP contribution is 2.32. The number of hydrogen-bond donors (Lipinski definition) is 1. The third kappa shape index (κ3) is 5.29. The summed E-state index contributed by atoms with van der Waals surface area (Å²) in [6.45, 7) is 1.10. The van der Waals surface area contributed by atoms with Crippen LogP contribution in [0.15, 0.2) is 71.0 Å². The first-order chi connectivity index (χ1) is 17.5. The Morgan fingerprint density at radius 3 is 2.72 bits per heavy atom. The SMILES string of the molecule is CCC1OC(=O)N(C(NC(=O)N2C=CN=CC2)c2ccccc2)N=C1c1ccc(OC)c(OCF)c1. The van der Waals surface area contributed by atoms with Gasteiger partial charge in [-0.1, -0.05) is 37.3 Å². The Labute approximate surface area is 207 Å². The first-order valence-electron chi connectivity index (χ1n) is 11.3. The number of aliphatic imine (C=N–C) groups is 1. The minimum atomic E-state index is -1.04. The summed E-state index contributed by atoms with van der Waals surface area (Å²) in [5, 5.41) is 8.57. The van der Waals surface area contributed by atoms with E-state index in [9.17, 15) is 14.0 Å². The summed E-state index contributed by atoms with van der Waals surface area (Å²) < 4.78 is 29.0. The summed E-state index contributed by atoms with van der Waals surface area (Å²) in [6.07, 6.45) is 2.74. The second kappa shape index (κ2) is 11.3. The van der Waals surface area contributed by atoms with Crippen LogP contribution in [0.25, 0.3) is 0 Å². The van der Waals surface area contributed by atoms with E-state index in [1.807, 2.05) is 13.0 Å². The van der Waals surface area contributed by atoms with Gasteiger partial charge < -0.3 is 19.5 Å². The highest BCUT2D eigenvalue weighted by molar-refractivity contribution is 6.06. The van der Waals surface area contributed by atoms with Crippen molar-refractivity contribution in [3.63, 3.8) is 0 Å². The summed E-state index contributed by atoms with van der Waals surface area (Å²) in [6, 6.07) is 13.4. The van der Waals surface area contributed by atoms with Gasteiger partial charge in [-0.05, 0) is 30.2 Å². The molecule has 10 nitrogen and oxygen atoms in total. The number of methoxy groups -OCH3 is 1. The van der Waals surface area contributed by atoms with E-state index in [0.29, 0.717) is 29.0 Å². The van der Waals surface area contributed by atoms with Gasteiger partial charge in [-0.3, -0.25) is 9.89 Å². The van der Waals surface area contributed by atoms with Crippen LogP contribution in [0.4, 0.5) is 14.0 Å². The van der Waals surface area contributed by atoms with Crippen molar-refractivity contribution in [1.82, 2.24) is 15.2 Å². The van der Waals surface area contributed by atoms with Crippen molar-refractivity contribution >= 4 is 24.1 Å². The van der Waals surface area contributed by atoms with Gasteiger partial charge in [0.2, 0.25) is 6.86 Å². The van der Waals surface area contributed by atoms with E-state index in [1.165, 1.54) is 24.4 Å². The number of urea groups is 1. The maximum atomic E-state index is 13.1. The molecule has 2 atom stereocenters. The maximum Gasteiger partial charge on any atom is 0.433 e. The summed E-state index contributed by atoms with van der Waals surface area (Å²) in [5.41, 5.74) is 1.59. The number of hydrogen-bond acceptors (Lipinski definition) is 7. The van der Waals surface area contributed by atoms with Crippen molar-refractivity contribution in [3.05, 3.63) is 72.1 Å². The molecule has 4 rings (SSSR count). The molecule has 0 spiro atoms. The van der Waals surface area contributed by atoms with Gasteiger partial charge in [0.15, 0.2) is 17.7 Å². The van der Waals surface area contributed by atoms with E-state index in [-0.39, 0.29) is 12.3 Å². The second-order valence-electron chi connectivity index (χ2n) is 7.77. The number of carbonyl (C=O) groups is 2. The average Bonchev–Trinajstić information content (AvgIpc) is 2.92. The third-order valence-electron chi connectivity index (χ3n) is 5.59. The van der Waals surface area contributed by atoms with Gasteiger partial charge in [-0.25, -0.2) is 14.0 Å². The van der Waals surface area contributed by atoms with Gasteiger partial charge >= 0.3 is 12.1 Å². The molecule has 2 aliphatic rings. The molecule has 1 N–H and O–H groups in total. The Kier molecular flexibility index (Phi) is 7.79. The van der Waals surface area contributed by atoms with Gasteiger partial charge in [0.25, 0.3) is 0 Å². The van der Waals surface area contributed by atoms with Crippen LogP contribution in [-0.2, 0) is 4.74 Å². The summed E-state index contributed by atoms with van der Waals surface area (Å²) in [7, 11) is 1.45. The number of rotatable bonds is 8. The van der Waals surface area contributed by atoms with Crippen LogP contribution >= 0.6 is 0 Å². The molecule has 2 aliphatic heterocycles. The molecular formula is C25H26FN5O5. The zero-order valence-electron chi connectivity index (χ0n) is 19.8. The zero-order valence-corrected chi connectivity index (χ0v) is 19.8. The fraction of sp³-hybridized carbons (Fsp3) is 0.280. The van der Waals surface area contributed by atoms with Crippen LogP contribution in [0.1, 0.15) is 30.6 Å². The molecule has 0 saturated carbocycles. The van der Waals surface area contributed by atoms with Crippen molar-refractivity contribution in [1.29, 1.82) is 0 Å². The standard InChI is InChI=1S/C25H26FN5O5/c1-3-19-22(18-9-10-20(34-2)21(15-18)35-16-26)29-31(25(33)36-19)23(17-7-5-4-6-8-17)28-24(32)30-13-11-27-12-14-30/h4-13,15,19,23H,3,14,16H2,1-2H3,(H,28,32). The van der Waals surface area contributed by atoms with Crippen molar-refractivity contribution in [2.75, 3.05) is 20.5 Å². The Bertz CT molecular complexity index is 1190. The summed E-state index contributed by atoms with van der Waals surface area (Å²) in [4.78, 5) is 31.5. The Balaban J connectivity index is 1.74. The Morgan fingerprint density at radius 1 is 1.25 bits per heavy atom. The van der Waals surface area contributed by atoms with E-state index in [4.69, 9.17) is 14.2 Å². The van der Waals surface area contributed by atoms with Crippen LogP contribution < -0.4 is 14.8 Å². The van der Waals surface area contributed by atoms with E-state index in [1.54, 1.807) is 48.7 Å². The predicted octanol–water partition coefficient (Wildman–Crippen LogP) is 4.20. The van der Waals surface area contributed by atoms with E-state index < -0.39 is 31.3 Å². The number of hydrazone groups is 1. The highest BCUT2D eigenvalue weighted by atomic mass is 19.1. The molecule has 3 amide bonds. The van der Waals surface area contributed by atoms with Gasteiger partial charge in [0.05, 0.1) is 13.7 Å². The molecule has 2 unspecified atom stereocenters. The Hall–Kier alpha value is -4.41. The number of carbonyl (C=O) groups excluding carboxylic acids is 2. The number of benzene rings is 2. The summed E-state index contributed by atoms with van der Waals surface area (Å²) in [5.74, 6) is 0.534. The van der Waals surface area contributed by atoms with Gasteiger partial charge in [0.1, 0.15) is 11.8 Å². The molecule has 2 aromatic rings. The van der Waals surface area contributed by atoms with E-state index in [2.05, 4.69) is 15.4 Å². The monoisotopic (exact) mass is 495 g/mol. The first-order valence-corrected chi connectivity index (χ1v) is 11.3. The van der Waals surface area contributed by atoms with Gasteiger partial charge in [-0.2, -0.15) is 10.1 Å². The van der Waals surface area contributed by atoms with Crippen LogP contribution in [0.3, 0.4) is 0 Å². The highest BCUT2D eigenvalue weighted by Gasteiger charge is 2.37. The minimum Gasteiger partial charge on any atom is -0.493 e. The molecule has 0 fully saturated rings. The number of halogens is 1. The number of nitrogens with one attached hydrogen (secondary N) is 1. The number of cyclic esters (lactones) is 1. The van der Waals surface area contributed by atoms with Crippen molar-refractivity contribution in [2.24, 2.45) is 10.1 Å². The molecular weight excluding hydrogens is 469 g/mol. The summed E-state index contributed by atoms with van der Waals surface area (Å²) >= 11 is 0. The molecule has 0 aliphatic carbocycles. The van der Waals surface area contributed by atoms with Crippen LogP contribution in [0, 0.1) is 0 Å². The topological polar surface area (TPSA) is 105 Å². The largest absolute Gasteiger partial charge is 0.493 e. The lowest BCUT2D eigenvalue weighted by molar-refractivity contribution is 0.0530. The molecule has 0 saturated heterocycles. The first kappa shape index (κ1) is 24.7. The molecule has 2 heterocycles. The Morgan fingerprint density at radius 2 is 2.06 bits per heavy atom. The quantitative estimate of drug-likeness (QED) is 0.591.